The zero-order valence-electron chi connectivity index (χ0n) is 7.35. The second-order valence-electron chi connectivity index (χ2n) is 2.54. The number of rotatable bonds is 1. The second-order valence-corrected chi connectivity index (χ2v) is 4.08. The molecule has 0 unspecified atom stereocenters. The molecule has 14 heavy (non-hydrogen) atoms. The van der Waals surface area contributed by atoms with Crippen molar-refractivity contribution in [2.24, 2.45) is 0 Å². The third-order valence-electron chi connectivity index (χ3n) is 1.70. The zero-order valence-corrected chi connectivity index (χ0v) is 8.98. The molecule has 0 saturated heterocycles. The van der Waals surface area contributed by atoms with Gasteiger partial charge in [-0.05, 0) is 29.9 Å². The number of hydrogen-bond acceptors (Lipinski definition) is 5. The van der Waals surface area contributed by atoms with Crippen molar-refractivity contribution in [3.05, 3.63) is 18.2 Å². The summed E-state index contributed by atoms with van der Waals surface area (Å²) in [7, 11) is 0. The molecule has 0 spiro atoms. The number of carbonyl (C=O) groups excluding carboxylic acids is 1. The van der Waals surface area contributed by atoms with Crippen molar-refractivity contribution in [2.75, 3.05) is 11.6 Å². The van der Waals surface area contributed by atoms with Crippen molar-refractivity contribution in [2.45, 2.75) is 0 Å². The molecule has 1 heterocycles. The van der Waals surface area contributed by atoms with E-state index >= 15 is 0 Å². The minimum absolute atomic E-state index is 0.0779. The molecule has 0 fully saturated rings. The van der Waals surface area contributed by atoms with Gasteiger partial charge in [0, 0.05) is 0 Å². The molecule has 6 heteroatoms. The van der Waals surface area contributed by atoms with Crippen LogP contribution in [0.15, 0.2) is 18.2 Å². The molecule has 0 aliphatic rings. The van der Waals surface area contributed by atoms with Gasteiger partial charge in [-0.2, -0.15) is 0 Å². The van der Waals surface area contributed by atoms with Gasteiger partial charge in [-0.15, -0.1) is 5.10 Å². The lowest BCUT2D eigenvalue weighted by molar-refractivity contribution is 0.270. The van der Waals surface area contributed by atoms with Crippen LogP contribution in [0.3, 0.4) is 0 Å². The molecule has 1 aromatic heterocycles. The Bertz CT molecular complexity index is 468. The lowest BCUT2D eigenvalue weighted by Crippen LogP contribution is -2.03. The average Bonchev–Trinajstić information content (AvgIpc) is 2.66. The summed E-state index contributed by atoms with van der Waals surface area (Å²) in [4.78, 5) is 11.2. The van der Waals surface area contributed by atoms with Crippen LogP contribution in [0.25, 0.3) is 10.2 Å². The summed E-state index contributed by atoms with van der Waals surface area (Å²) >= 11 is 2.43. The van der Waals surface area contributed by atoms with Gasteiger partial charge in [-0.1, -0.05) is 22.3 Å². The molecule has 0 atom stereocenters. The maximum atomic E-state index is 11.2. The van der Waals surface area contributed by atoms with E-state index in [2.05, 4.69) is 14.9 Å². The highest BCUT2D eigenvalue weighted by Gasteiger charge is 2.06. The molecule has 72 valence electrons. The van der Waals surface area contributed by atoms with E-state index in [9.17, 15) is 4.79 Å². The van der Waals surface area contributed by atoms with Crippen LogP contribution in [-0.2, 0) is 0 Å². The molecule has 1 amide bonds. The van der Waals surface area contributed by atoms with E-state index in [1.165, 1.54) is 11.5 Å². The summed E-state index contributed by atoms with van der Waals surface area (Å²) in [5.74, 6) is 0. The summed E-state index contributed by atoms with van der Waals surface area (Å²) < 4.78 is 4.74. The first-order valence-corrected chi connectivity index (χ1v) is 5.87. The molecule has 2 rings (SSSR count). The molecule has 2 aromatic rings. The van der Waals surface area contributed by atoms with Crippen molar-refractivity contribution in [1.82, 2.24) is 9.59 Å². The van der Waals surface area contributed by atoms with Crippen LogP contribution in [0.5, 0.6) is 0 Å². The number of anilines is 1. The van der Waals surface area contributed by atoms with Crippen LogP contribution in [0.2, 0.25) is 0 Å². The van der Waals surface area contributed by atoms with Gasteiger partial charge in [0.05, 0.1) is 10.4 Å². The van der Waals surface area contributed by atoms with Gasteiger partial charge in [0.1, 0.15) is 5.52 Å². The fourth-order valence-electron chi connectivity index (χ4n) is 1.06. The van der Waals surface area contributed by atoms with Crippen LogP contribution in [-0.4, -0.2) is 21.1 Å². The van der Waals surface area contributed by atoms with E-state index in [0.29, 0.717) is 0 Å². The first-order chi connectivity index (χ1) is 6.81. The van der Waals surface area contributed by atoms with Crippen LogP contribution in [0.1, 0.15) is 0 Å². The molecular formula is C8H7N3OS2. The standard InChI is InChI=1S/C8H7N3OS2/c1-13-8(12)9-5-3-2-4-6-7(5)14-11-10-6/h2-4H,1H3,(H,9,12). The summed E-state index contributed by atoms with van der Waals surface area (Å²) in [5, 5.41) is 6.62. The average molecular weight is 225 g/mol. The maximum Gasteiger partial charge on any atom is 0.283 e. The van der Waals surface area contributed by atoms with Gasteiger partial charge in [0.15, 0.2) is 0 Å². The van der Waals surface area contributed by atoms with Crippen molar-refractivity contribution in [1.29, 1.82) is 0 Å². The monoisotopic (exact) mass is 225 g/mol. The number of aromatic nitrogens is 2. The third kappa shape index (κ3) is 1.71. The highest BCUT2D eigenvalue weighted by atomic mass is 32.2. The maximum absolute atomic E-state index is 11.2. The van der Waals surface area contributed by atoms with Gasteiger partial charge in [-0.3, -0.25) is 4.79 Å². The van der Waals surface area contributed by atoms with Crippen molar-refractivity contribution in [3.63, 3.8) is 0 Å². The predicted molar refractivity (Wildman–Crippen MR) is 59.9 cm³/mol. The van der Waals surface area contributed by atoms with Gasteiger partial charge in [0.2, 0.25) is 0 Å². The van der Waals surface area contributed by atoms with E-state index in [1.54, 1.807) is 6.26 Å². The Morgan fingerprint density at radius 2 is 2.43 bits per heavy atom. The molecule has 0 saturated carbocycles. The Kier molecular flexibility index (Phi) is 2.64. The fourth-order valence-corrected chi connectivity index (χ4v) is 1.91. The first-order valence-electron chi connectivity index (χ1n) is 3.87. The van der Waals surface area contributed by atoms with Gasteiger partial charge >= 0.3 is 0 Å². The van der Waals surface area contributed by atoms with E-state index in [0.717, 1.165) is 27.7 Å². The second kappa shape index (κ2) is 3.93. The van der Waals surface area contributed by atoms with E-state index in [4.69, 9.17) is 0 Å². The van der Waals surface area contributed by atoms with Crippen molar-refractivity contribution >= 4 is 44.4 Å². The molecule has 0 bridgehead atoms. The number of fused-ring (bicyclic) bond motifs is 1. The summed E-state index contributed by atoms with van der Waals surface area (Å²) in [5.41, 5.74) is 1.59. The number of benzene rings is 1. The molecule has 1 aromatic carbocycles. The normalized spacial score (nSPS) is 10.4. The molecular weight excluding hydrogens is 218 g/mol. The number of amides is 1. The Labute approximate surface area is 88.9 Å². The number of nitrogens with zero attached hydrogens (tertiary/aromatic N) is 2. The van der Waals surface area contributed by atoms with E-state index < -0.39 is 0 Å². The molecule has 0 aliphatic carbocycles. The first kappa shape index (κ1) is 9.42. The molecule has 0 aliphatic heterocycles. The Balaban J connectivity index is 2.41. The van der Waals surface area contributed by atoms with Gasteiger partial charge < -0.3 is 5.32 Å². The summed E-state index contributed by atoms with van der Waals surface area (Å²) in [6.45, 7) is 0. The predicted octanol–water partition coefficient (Wildman–Crippen LogP) is 2.59. The Hall–Kier alpha value is -1.14. The van der Waals surface area contributed by atoms with Gasteiger partial charge in [-0.25, -0.2) is 0 Å². The lowest BCUT2D eigenvalue weighted by Gasteiger charge is -2.01. The largest absolute Gasteiger partial charge is 0.315 e. The molecule has 0 radical (unpaired) electrons. The topological polar surface area (TPSA) is 54.9 Å². The molecule has 4 nitrogen and oxygen atoms in total. The van der Waals surface area contributed by atoms with Crippen LogP contribution in [0.4, 0.5) is 10.5 Å². The smallest absolute Gasteiger partial charge is 0.283 e. The summed E-state index contributed by atoms with van der Waals surface area (Å²) in [6, 6.07) is 5.56. The number of carbonyl (C=O) groups is 1. The third-order valence-corrected chi connectivity index (χ3v) is 2.94. The Morgan fingerprint density at radius 3 is 3.21 bits per heavy atom. The van der Waals surface area contributed by atoms with Crippen LogP contribution >= 0.6 is 23.3 Å². The number of nitrogens with one attached hydrogen (secondary N) is 1. The number of hydrogen-bond donors (Lipinski definition) is 1. The minimum atomic E-state index is -0.0779. The highest BCUT2D eigenvalue weighted by molar-refractivity contribution is 8.13. The van der Waals surface area contributed by atoms with Crippen molar-refractivity contribution < 1.29 is 4.79 Å². The quantitative estimate of drug-likeness (QED) is 0.810. The minimum Gasteiger partial charge on any atom is -0.315 e. The number of thioether (sulfide) groups is 1. The summed E-state index contributed by atoms with van der Waals surface area (Å²) in [6.07, 6.45) is 1.74. The molecule has 1 N–H and O–H groups in total. The lowest BCUT2D eigenvalue weighted by atomic mass is 10.3. The zero-order chi connectivity index (χ0) is 9.97. The van der Waals surface area contributed by atoms with E-state index in [1.807, 2.05) is 18.2 Å². The van der Waals surface area contributed by atoms with Gasteiger partial charge in [0.25, 0.3) is 5.24 Å². The van der Waals surface area contributed by atoms with E-state index in [-0.39, 0.29) is 5.24 Å². The SMILES string of the molecule is CSC(=O)Nc1cccc2nnsc12. The fraction of sp³-hybridized carbons (Fsp3) is 0.125. The van der Waals surface area contributed by atoms with Crippen LogP contribution in [0, 0.1) is 0 Å². The Morgan fingerprint density at radius 1 is 1.57 bits per heavy atom. The van der Waals surface area contributed by atoms with Crippen molar-refractivity contribution in [3.8, 4) is 0 Å². The van der Waals surface area contributed by atoms with Crippen LogP contribution < -0.4 is 5.32 Å². The highest BCUT2D eigenvalue weighted by Crippen LogP contribution is 2.25.